The number of aromatic nitrogens is 2. The second-order valence-electron chi connectivity index (χ2n) is 6.32. The van der Waals surface area contributed by atoms with Crippen molar-refractivity contribution in [3.63, 3.8) is 0 Å². The van der Waals surface area contributed by atoms with Gasteiger partial charge in [-0.1, -0.05) is 48.5 Å². The second kappa shape index (κ2) is 7.50. The molecule has 1 aromatic heterocycles. The van der Waals surface area contributed by atoms with Crippen molar-refractivity contribution in [1.29, 1.82) is 0 Å². The second-order valence-corrected chi connectivity index (χ2v) is 6.32. The number of carbonyl (C=O) groups excluding carboxylic acids is 1. The van der Waals surface area contributed by atoms with Crippen molar-refractivity contribution < 1.29 is 9.53 Å². The van der Waals surface area contributed by atoms with Crippen molar-refractivity contribution in [2.24, 2.45) is 0 Å². The van der Waals surface area contributed by atoms with Gasteiger partial charge in [-0.05, 0) is 30.5 Å². The van der Waals surface area contributed by atoms with E-state index in [-0.39, 0.29) is 12.5 Å². The van der Waals surface area contributed by atoms with Crippen molar-refractivity contribution in [3.8, 4) is 5.75 Å². The highest BCUT2D eigenvalue weighted by Crippen LogP contribution is 2.26. The van der Waals surface area contributed by atoms with Gasteiger partial charge in [-0.2, -0.15) is 0 Å². The molecule has 1 N–H and O–H groups in total. The van der Waals surface area contributed by atoms with Crippen LogP contribution in [0.2, 0.25) is 0 Å². The molecule has 0 unspecified atom stereocenters. The Morgan fingerprint density at radius 2 is 1.81 bits per heavy atom. The summed E-state index contributed by atoms with van der Waals surface area (Å²) in [5.41, 5.74) is 1.79. The van der Waals surface area contributed by atoms with Crippen molar-refractivity contribution in [2.45, 2.75) is 20.1 Å². The lowest BCUT2D eigenvalue weighted by molar-refractivity contribution is -0.121. The average Bonchev–Trinajstić information content (AvgIpc) is 3.04. The van der Waals surface area contributed by atoms with E-state index in [0.29, 0.717) is 13.2 Å². The number of carbonyl (C=O) groups is 1. The molecule has 5 nitrogen and oxygen atoms in total. The number of likely N-dealkylation sites (N-methyl/N-ethyl adjacent to an activating group) is 1. The fourth-order valence-corrected chi connectivity index (χ4v) is 3.27. The quantitative estimate of drug-likeness (QED) is 0.568. The third-order valence-corrected chi connectivity index (χ3v) is 4.52. The third kappa shape index (κ3) is 3.49. The average molecular weight is 359 g/mol. The van der Waals surface area contributed by atoms with Gasteiger partial charge in [0.05, 0.1) is 11.0 Å². The van der Waals surface area contributed by atoms with Gasteiger partial charge in [-0.15, -0.1) is 0 Å². The van der Waals surface area contributed by atoms with E-state index in [1.165, 1.54) is 0 Å². The van der Waals surface area contributed by atoms with Gasteiger partial charge in [0, 0.05) is 11.9 Å². The van der Waals surface area contributed by atoms with E-state index in [1.54, 1.807) is 0 Å². The molecule has 3 aromatic carbocycles. The molecule has 0 spiro atoms. The summed E-state index contributed by atoms with van der Waals surface area (Å²) in [6.45, 7) is 3.03. The summed E-state index contributed by atoms with van der Waals surface area (Å²) in [6, 6.07) is 21.9. The molecule has 1 amide bonds. The molecular weight excluding hydrogens is 338 g/mol. The number of benzene rings is 3. The molecule has 0 bridgehead atoms. The van der Waals surface area contributed by atoms with E-state index in [2.05, 4.69) is 22.4 Å². The molecule has 136 valence electrons. The Morgan fingerprint density at radius 3 is 2.70 bits per heavy atom. The highest BCUT2D eigenvalue weighted by Gasteiger charge is 2.14. The van der Waals surface area contributed by atoms with Crippen LogP contribution in [0, 0.1) is 0 Å². The summed E-state index contributed by atoms with van der Waals surface area (Å²) in [7, 11) is 0. The van der Waals surface area contributed by atoms with Gasteiger partial charge in [0.1, 0.15) is 24.7 Å². The lowest BCUT2D eigenvalue weighted by atomic mass is 10.1. The van der Waals surface area contributed by atoms with E-state index in [1.807, 2.05) is 66.1 Å². The van der Waals surface area contributed by atoms with Gasteiger partial charge in [-0.3, -0.25) is 4.79 Å². The zero-order chi connectivity index (χ0) is 18.6. The molecule has 0 aliphatic carbocycles. The maximum absolute atomic E-state index is 12.2. The van der Waals surface area contributed by atoms with Crippen LogP contribution in [0.25, 0.3) is 21.8 Å². The summed E-state index contributed by atoms with van der Waals surface area (Å²) < 4.78 is 8.02. The van der Waals surface area contributed by atoms with Gasteiger partial charge in [0.2, 0.25) is 5.91 Å². The lowest BCUT2D eigenvalue weighted by Gasteiger charge is -2.12. The summed E-state index contributed by atoms with van der Waals surface area (Å²) >= 11 is 0. The number of hydrogen-bond acceptors (Lipinski definition) is 3. The fraction of sp³-hybridized carbons (Fsp3) is 0.182. The molecule has 0 saturated carbocycles. The lowest BCUT2D eigenvalue weighted by Crippen LogP contribution is -2.28. The van der Waals surface area contributed by atoms with Crippen LogP contribution in [0.5, 0.6) is 5.75 Å². The van der Waals surface area contributed by atoms with Gasteiger partial charge in [0.25, 0.3) is 0 Å². The van der Waals surface area contributed by atoms with E-state index < -0.39 is 0 Å². The molecule has 0 saturated heterocycles. The molecule has 0 fully saturated rings. The van der Waals surface area contributed by atoms with E-state index in [9.17, 15) is 4.79 Å². The number of imidazole rings is 1. The van der Waals surface area contributed by atoms with Crippen LogP contribution in [0.15, 0.2) is 66.7 Å². The minimum absolute atomic E-state index is 0.0351. The Hall–Kier alpha value is -3.34. The maximum atomic E-state index is 12.2. The summed E-state index contributed by atoms with van der Waals surface area (Å²) in [5.74, 6) is 1.51. The normalized spacial score (nSPS) is 11.0. The molecule has 0 aliphatic heterocycles. The van der Waals surface area contributed by atoms with Gasteiger partial charge in [0.15, 0.2) is 0 Å². The van der Waals surface area contributed by atoms with Crippen molar-refractivity contribution >= 4 is 27.7 Å². The van der Waals surface area contributed by atoms with Crippen LogP contribution >= 0.6 is 0 Å². The monoisotopic (exact) mass is 359 g/mol. The topological polar surface area (TPSA) is 56.2 Å². The first-order valence-corrected chi connectivity index (χ1v) is 9.07. The number of nitrogens with zero attached hydrogens (tertiary/aromatic N) is 2. The van der Waals surface area contributed by atoms with Crippen molar-refractivity contribution in [3.05, 3.63) is 72.6 Å². The van der Waals surface area contributed by atoms with Crippen LogP contribution in [-0.2, 0) is 17.9 Å². The molecular formula is C22H21N3O2. The summed E-state index contributed by atoms with van der Waals surface area (Å²) in [6.07, 6.45) is 0. The summed E-state index contributed by atoms with van der Waals surface area (Å²) in [4.78, 5) is 16.8. The maximum Gasteiger partial charge on any atom is 0.240 e. The Labute approximate surface area is 157 Å². The molecule has 4 rings (SSSR count). The summed E-state index contributed by atoms with van der Waals surface area (Å²) in [5, 5.41) is 5.04. The molecule has 0 aliphatic rings. The van der Waals surface area contributed by atoms with Gasteiger partial charge >= 0.3 is 0 Å². The predicted molar refractivity (Wildman–Crippen MR) is 107 cm³/mol. The first-order chi connectivity index (χ1) is 13.3. The molecule has 0 radical (unpaired) electrons. The zero-order valence-corrected chi connectivity index (χ0v) is 15.2. The molecule has 27 heavy (non-hydrogen) atoms. The first-order valence-electron chi connectivity index (χ1n) is 9.07. The number of nitrogens with one attached hydrogen (secondary N) is 1. The first kappa shape index (κ1) is 17.1. The standard InChI is InChI=1S/C22H21N3O2/c1-2-23-22(26)14-25-19-12-6-5-11-18(19)24-21(25)15-27-20-13-7-9-16-8-3-4-10-17(16)20/h3-13H,2,14-15H2,1H3,(H,23,26). The van der Waals surface area contributed by atoms with E-state index in [4.69, 9.17) is 4.74 Å². The smallest absolute Gasteiger partial charge is 0.240 e. The number of hydrogen-bond donors (Lipinski definition) is 1. The molecule has 0 atom stereocenters. The molecule has 4 aromatic rings. The van der Waals surface area contributed by atoms with Crippen LogP contribution in [0.1, 0.15) is 12.7 Å². The highest BCUT2D eigenvalue weighted by atomic mass is 16.5. The zero-order valence-electron chi connectivity index (χ0n) is 15.2. The fourth-order valence-electron chi connectivity index (χ4n) is 3.27. The van der Waals surface area contributed by atoms with Crippen LogP contribution in [-0.4, -0.2) is 22.0 Å². The van der Waals surface area contributed by atoms with E-state index in [0.717, 1.165) is 33.4 Å². The van der Waals surface area contributed by atoms with E-state index >= 15 is 0 Å². The van der Waals surface area contributed by atoms with Gasteiger partial charge < -0.3 is 14.6 Å². The number of rotatable bonds is 6. The van der Waals surface area contributed by atoms with Gasteiger partial charge in [-0.25, -0.2) is 4.98 Å². The number of amides is 1. The third-order valence-electron chi connectivity index (χ3n) is 4.52. The highest BCUT2D eigenvalue weighted by molar-refractivity contribution is 5.88. The van der Waals surface area contributed by atoms with Crippen molar-refractivity contribution in [2.75, 3.05) is 6.54 Å². The Bertz CT molecular complexity index is 1100. The Kier molecular flexibility index (Phi) is 4.75. The van der Waals surface area contributed by atoms with Crippen LogP contribution in [0.4, 0.5) is 0 Å². The number of fused-ring (bicyclic) bond motifs is 2. The minimum atomic E-state index is -0.0351. The SMILES string of the molecule is CCNC(=O)Cn1c(COc2cccc3ccccc23)nc2ccccc21. The number of ether oxygens (including phenoxy) is 1. The Morgan fingerprint density at radius 1 is 1.04 bits per heavy atom. The predicted octanol–water partition coefficient (Wildman–Crippen LogP) is 3.90. The van der Waals surface area contributed by atoms with Crippen LogP contribution in [0.3, 0.4) is 0 Å². The molecule has 1 heterocycles. The van der Waals surface area contributed by atoms with Crippen molar-refractivity contribution in [1.82, 2.24) is 14.9 Å². The van der Waals surface area contributed by atoms with Crippen LogP contribution < -0.4 is 10.1 Å². The minimum Gasteiger partial charge on any atom is -0.485 e. The molecule has 5 heteroatoms. The Balaban J connectivity index is 1.66. The number of para-hydroxylation sites is 2. The largest absolute Gasteiger partial charge is 0.485 e.